The van der Waals surface area contributed by atoms with E-state index in [2.05, 4.69) is 20.0 Å². The molecule has 3 heterocycles. The van der Waals surface area contributed by atoms with Crippen LogP contribution in [0, 0.1) is 0 Å². The van der Waals surface area contributed by atoms with E-state index < -0.39 is 44.5 Å². The predicted octanol–water partition coefficient (Wildman–Crippen LogP) is -2.82. The van der Waals surface area contributed by atoms with Crippen molar-refractivity contribution in [3.63, 3.8) is 0 Å². The van der Waals surface area contributed by atoms with Gasteiger partial charge in [0.05, 0.1) is 18.5 Å². The molecule has 33 heavy (non-hydrogen) atoms. The van der Waals surface area contributed by atoms with Gasteiger partial charge >= 0.3 is 37.3 Å². The van der Waals surface area contributed by atoms with E-state index in [4.69, 9.17) is 15.0 Å². The minimum absolute atomic E-state index is 0. The summed E-state index contributed by atoms with van der Waals surface area (Å²) in [5, 5.41) is 33.1. The molecule has 2 aromatic heterocycles. The van der Waals surface area contributed by atoms with E-state index in [1.54, 1.807) is 20.8 Å². The fourth-order valence-corrected chi connectivity index (χ4v) is 4.66. The molecule has 1 fully saturated rings. The van der Waals surface area contributed by atoms with Gasteiger partial charge in [-0.2, -0.15) is 0 Å². The molecule has 0 aliphatic carbocycles. The quantitative estimate of drug-likeness (QED) is 0.145. The second-order valence-electron chi connectivity index (χ2n) is 8.68. The van der Waals surface area contributed by atoms with Crippen molar-refractivity contribution < 1.29 is 65.0 Å². The zero-order valence-electron chi connectivity index (χ0n) is 20.2. The minimum atomic E-state index is -4.20. The van der Waals surface area contributed by atoms with Crippen molar-refractivity contribution in [2.24, 2.45) is 0 Å². The van der Waals surface area contributed by atoms with Gasteiger partial charge in [-0.1, -0.05) is 0 Å². The van der Waals surface area contributed by atoms with Crippen LogP contribution >= 0.6 is 7.75 Å². The average molecular weight is 498 g/mol. The Bertz CT molecular complexity index is 980. The van der Waals surface area contributed by atoms with Crippen LogP contribution in [-0.4, -0.2) is 76.3 Å². The molecule has 0 bridgehead atoms. The summed E-state index contributed by atoms with van der Waals surface area (Å²) in [4.78, 5) is 22.1. The van der Waals surface area contributed by atoms with Crippen LogP contribution in [0.4, 0.5) is 5.82 Å². The van der Waals surface area contributed by atoms with Gasteiger partial charge < -0.3 is 32.1 Å². The fraction of sp³-hybridized carbons (Fsp3) is 0.722. The first-order valence-corrected chi connectivity index (χ1v) is 11.9. The maximum Gasteiger partial charge on any atom is 1.00 e. The topological polar surface area (TPSA) is 198 Å². The molecule has 0 amide bonds. The van der Waals surface area contributed by atoms with Crippen LogP contribution in [0.3, 0.4) is 0 Å². The maximum absolute atomic E-state index is 12.4. The monoisotopic (exact) mass is 498 g/mol. The summed E-state index contributed by atoms with van der Waals surface area (Å²) in [6.45, 7) is 4.70. The van der Waals surface area contributed by atoms with E-state index in [9.17, 15) is 24.8 Å². The number of aliphatic hydroxyl groups is 3. The van der Waals surface area contributed by atoms with Gasteiger partial charge in [-0.05, 0) is 40.0 Å². The molecule has 182 valence electrons. The summed E-state index contributed by atoms with van der Waals surface area (Å²) in [5.41, 5.74) is 5.60. The molecule has 6 atom stereocenters. The number of aromatic nitrogens is 4. The van der Waals surface area contributed by atoms with Crippen LogP contribution in [0.5, 0.6) is 0 Å². The normalized spacial score (nSPS) is 26.2. The van der Waals surface area contributed by atoms with Gasteiger partial charge in [0.2, 0.25) is 0 Å². The first-order chi connectivity index (χ1) is 14.9. The van der Waals surface area contributed by atoms with Crippen molar-refractivity contribution in [3.8, 4) is 0 Å². The van der Waals surface area contributed by atoms with E-state index in [0.717, 1.165) is 0 Å². The van der Waals surface area contributed by atoms with E-state index in [1.807, 2.05) is 0 Å². The number of anilines is 1. The molecule has 13 nitrogen and oxygen atoms in total. The number of ether oxygens (including phenoxy) is 1. The number of rotatable bonds is 10. The summed E-state index contributed by atoms with van der Waals surface area (Å²) in [6.07, 6.45) is -0.494. The Labute approximate surface area is 215 Å². The Morgan fingerprint density at radius 3 is 2.73 bits per heavy atom. The largest absolute Gasteiger partial charge is 1.00 e. The van der Waals surface area contributed by atoms with Crippen molar-refractivity contribution in [2.75, 3.05) is 12.3 Å². The van der Waals surface area contributed by atoms with Crippen LogP contribution in [0.2, 0.25) is 0 Å². The summed E-state index contributed by atoms with van der Waals surface area (Å²) >= 11 is 0. The number of hydrogen-bond acceptors (Lipinski definition) is 10. The number of nitrogens with zero attached hydrogens (tertiary/aromatic N) is 4. The van der Waals surface area contributed by atoms with Gasteiger partial charge in [0, 0.05) is 6.04 Å². The smallest absolute Gasteiger partial charge is 1.00 e. The van der Waals surface area contributed by atoms with Crippen molar-refractivity contribution in [3.05, 3.63) is 12.7 Å². The van der Waals surface area contributed by atoms with E-state index in [0.29, 0.717) is 30.4 Å². The Kier molecular flexibility index (Phi) is 9.82. The fourth-order valence-electron chi connectivity index (χ4n) is 3.55. The van der Waals surface area contributed by atoms with E-state index >= 15 is 0 Å². The zero-order chi connectivity index (χ0) is 23.7. The molecule has 15 heteroatoms. The Hall–Kier alpha value is -0.700. The summed E-state index contributed by atoms with van der Waals surface area (Å²) in [6, 6.07) is -0.344. The zero-order valence-corrected chi connectivity index (χ0v) is 22.1. The first kappa shape index (κ1) is 28.5. The molecule has 2 aromatic rings. The number of aliphatic hydroxyl groups excluding tert-OH is 2. The Morgan fingerprint density at radius 1 is 1.36 bits per heavy atom. The summed E-state index contributed by atoms with van der Waals surface area (Å²) in [5.74, 6) is 0.158. The summed E-state index contributed by atoms with van der Waals surface area (Å²) < 4.78 is 24.6. The molecule has 0 spiro atoms. The molecule has 7 N–H and O–H groups in total. The molecule has 0 saturated carbocycles. The molecular weight excluding hydrogens is 466 g/mol. The third-order valence-corrected chi connectivity index (χ3v) is 6.49. The second-order valence-corrected chi connectivity index (χ2v) is 10.2. The van der Waals surface area contributed by atoms with Crippen molar-refractivity contribution >= 4 is 24.7 Å². The van der Waals surface area contributed by atoms with Crippen molar-refractivity contribution in [1.82, 2.24) is 24.6 Å². The molecule has 1 aliphatic rings. The molecule has 1 unspecified atom stereocenters. The molecule has 0 aromatic carbocycles. The van der Waals surface area contributed by atoms with Crippen molar-refractivity contribution in [1.29, 1.82) is 0 Å². The van der Waals surface area contributed by atoms with Crippen LogP contribution in [-0.2, 0) is 13.8 Å². The number of fused-ring (bicyclic) bond motifs is 1. The first-order valence-electron chi connectivity index (χ1n) is 10.3. The van der Waals surface area contributed by atoms with Gasteiger partial charge in [0.25, 0.3) is 0 Å². The van der Waals surface area contributed by atoms with Gasteiger partial charge in [-0.15, -0.1) is 0 Å². The number of imidazole rings is 1. The third kappa shape index (κ3) is 7.39. The number of nitrogens with one attached hydrogen (secondary N) is 1. The molecule has 0 radical (unpaired) electrons. The second kappa shape index (κ2) is 11.4. The standard InChI is InChI=1S/C18H31N6O7P.Na.H/c1-10(5-4-6-18(2,3)27)23-32(28,29)30-7-11-13(25)14(26)17(31-11)24-9-22-12-15(19)20-8-21-16(12)24;;/h8-11,13-14,17,25-27H,4-7H2,1-3H3,(H2,19,20,21)(H2,23,28,29);;/q;+1;-1/t10-,11-,13-,14-,17-;;/m1../s1. The Balaban J connectivity index is 0.00000289. The molecule has 3 rings (SSSR count). The predicted molar refractivity (Wildman–Crippen MR) is 115 cm³/mol. The average Bonchev–Trinajstić information content (AvgIpc) is 3.22. The van der Waals surface area contributed by atoms with E-state index in [-0.39, 0.29) is 42.8 Å². The van der Waals surface area contributed by atoms with Crippen LogP contribution in [0.25, 0.3) is 11.2 Å². The van der Waals surface area contributed by atoms with Gasteiger partial charge in [-0.3, -0.25) is 9.09 Å². The van der Waals surface area contributed by atoms with Crippen LogP contribution < -0.4 is 40.4 Å². The molecule has 1 saturated heterocycles. The molecule has 1 aliphatic heterocycles. The summed E-state index contributed by atoms with van der Waals surface area (Å²) in [7, 11) is -4.20. The SMILES string of the molecule is C[C@H](CCCC(C)(C)O)NP(=O)(O)OC[C@H]1O[C@@H](n2cnc3c(N)ncnc32)[C@H](O)[C@@H]1O.[H-].[Na+]. The Morgan fingerprint density at radius 2 is 2.06 bits per heavy atom. The number of nitrogens with two attached hydrogens (primary N) is 1. The van der Waals surface area contributed by atoms with E-state index in [1.165, 1.54) is 17.2 Å². The number of hydrogen-bond donors (Lipinski definition) is 6. The van der Waals surface area contributed by atoms with Gasteiger partial charge in [0.1, 0.15) is 30.2 Å². The van der Waals surface area contributed by atoms with Gasteiger partial charge in [0.15, 0.2) is 17.7 Å². The minimum Gasteiger partial charge on any atom is -1.00 e. The van der Waals surface area contributed by atoms with Crippen LogP contribution in [0.15, 0.2) is 12.7 Å². The van der Waals surface area contributed by atoms with Crippen molar-refractivity contribution in [2.45, 2.75) is 76.2 Å². The third-order valence-electron chi connectivity index (χ3n) is 5.22. The number of nitrogen functional groups attached to an aromatic ring is 1. The van der Waals surface area contributed by atoms with Gasteiger partial charge in [-0.25, -0.2) is 24.6 Å². The maximum atomic E-state index is 12.4. The van der Waals surface area contributed by atoms with Crippen LogP contribution in [0.1, 0.15) is 47.7 Å². The molecular formula is C18H32N6NaO7P.